The van der Waals surface area contributed by atoms with E-state index in [4.69, 9.17) is 0 Å². The van der Waals surface area contributed by atoms with Crippen LogP contribution in [0.4, 0.5) is 15.9 Å². The van der Waals surface area contributed by atoms with Gasteiger partial charge in [-0.2, -0.15) is 9.50 Å². The Morgan fingerprint density at radius 3 is 2.70 bits per heavy atom. The van der Waals surface area contributed by atoms with Gasteiger partial charge in [0.1, 0.15) is 11.6 Å². The SMILES string of the molecule is Cc1ccc(F)cc1Nc1cc(C(C)C)nc2nc(-c3cccnc3)nn12. The summed E-state index contributed by atoms with van der Waals surface area (Å²) >= 11 is 0. The first-order valence-corrected chi connectivity index (χ1v) is 8.72. The molecule has 0 saturated carbocycles. The Labute approximate surface area is 156 Å². The number of benzene rings is 1. The zero-order valence-electron chi connectivity index (χ0n) is 15.3. The Bertz CT molecular complexity index is 1100. The molecule has 3 heterocycles. The van der Waals surface area contributed by atoms with Gasteiger partial charge in [0, 0.05) is 29.7 Å². The highest BCUT2D eigenvalue weighted by molar-refractivity contribution is 5.64. The third-order valence-corrected chi connectivity index (χ3v) is 4.31. The largest absolute Gasteiger partial charge is 0.340 e. The molecule has 27 heavy (non-hydrogen) atoms. The van der Waals surface area contributed by atoms with E-state index >= 15 is 0 Å². The van der Waals surface area contributed by atoms with Gasteiger partial charge in [-0.05, 0) is 42.7 Å². The molecule has 0 aliphatic rings. The Kier molecular flexibility index (Phi) is 4.27. The Hall–Kier alpha value is -3.35. The molecule has 0 radical (unpaired) electrons. The van der Waals surface area contributed by atoms with Crippen LogP contribution in [0.25, 0.3) is 17.2 Å². The molecule has 4 aromatic rings. The quantitative estimate of drug-likeness (QED) is 0.579. The molecular formula is C20H19FN6. The van der Waals surface area contributed by atoms with Crippen LogP contribution >= 0.6 is 0 Å². The van der Waals surface area contributed by atoms with E-state index < -0.39 is 0 Å². The van der Waals surface area contributed by atoms with Crippen LogP contribution in [0.15, 0.2) is 48.8 Å². The molecule has 4 rings (SSSR count). The fourth-order valence-corrected chi connectivity index (χ4v) is 2.76. The molecule has 0 amide bonds. The van der Waals surface area contributed by atoms with Gasteiger partial charge in [-0.25, -0.2) is 9.37 Å². The summed E-state index contributed by atoms with van der Waals surface area (Å²) in [6, 6.07) is 10.3. The van der Waals surface area contributed by atoms with Gasteiger partial charge in [-0.3, -0.25) is 4.98 Å². The van der Waals surface area contributed by atoms with E-state index in [1.54, 1.807) is 23.0 Å². The number of pyridine rings is 1. The highest BCUT2D eigenvalue weighted by atomic mass is 19.1. The van der Waals surface area contributed by atoms with Crippen LogP contribution < -0.4 is 5.32 Å². The molecule has 1 N–H and O–H groups in total. The first-order valence-electron chi connectivity index (χ1n) is 8.72. The molecule has 0 unspecified atom stereocenters. The number of hydrogen-bond donors (Lipinski definition) is 1. The lowest BCUT2D eigenvalue weighted by molar-refractivity contribution is 0.628. The van der Waals surface area contributed by atoms with Gasteiger partial charge in [-0.1, -0.05) is 19.9 Å². The van der Waals surface area contributed by atoms with Gasteiger partial charge in [0.25, 0.3) is 5.78 Å². The van der Waals surface area contributed by atoms with Crippen molar-refractivity contribution in [2.75, 3.05) is 5.32 Å². The lowest BCUT2D eigenvalue weighted by Gasteiger charge is -2.13. The second kappa shape index (κ2) is 6.75. The molecule has 0 fully saturated rings. The maximum absolute atomic E-state index is 13.7. The van der Waals surface area contributed by atoms with Gasteiger partial charge in [0.15, 0.2) is 5.82 Å². The van der Waals surface area contributed by atoms with Crippen LogP contribution in [0.5, 0.6) is 0 Å². The molecule has 136 valence electrons. The summed E-state index contributed by atoms with van der Waals surface area (Å²) in [4.78, 5) is 13.3. The summed E-state index contributed by atoms with van der Waals surface area (Å²) < 4.78 is 15.3. The highest BCUT2D eigenvalue weighted by Gasteiger charge is 2.15. The van der Waals surface area contributed by atoms with Gasteiger partial charge in [0.2, 0.25) is 0 Å². The molecule has 7 heteroatoms. The molecule has 0 aliphatic carbocycles. The molecule has 0 saturated heterocycles. The summed E-state index contributed by atoms with van der Waals surface area (Å²) in [5, 5.41) is 7.86. The van der Waals surface area contributed by atoms with Crippen LogP contribution in [0.3, 0.4) is 0 Å². The minimum absolute atomic E-state index is 0.211. The number of halogens is 1. The lowest BCUT2D eigenvalue weighted by Crippen LogP contribution is -2.06. The van der Waals surface area contributed by atoms with Crippen LogP contribution in [0, 0.1) is 12.7 Å². The van der Waals surface area contributed by atoms with Crippen molar-refractivity contribution >= 4 is 17.3 Å². The molecule has 0 bridgehead atoms. The number of aromatic nitrogens is 5. The van der Waals surface area contributed by atoms with Crippen LogP contribution in [0.1, 0.15) is 31.0 Å². The van der Waals surface area contributed by atoms with Crippen molar-refractivity contribution in [3.8, 4) is 11.4 Å². The Balaban J connectivity index is 1.87. The highest BCUT2D eigenvalue weighted by Crippen LogP contribution is 2.25. The summed E-state index contributed by atoms with van der Waals surface area (Å²) in [6.07, 6.45) is 3.41. The molecule has 0 atom stereocenters. The van der Waals surface area contributed by atoms with Crippen molar-refractivity contribution in [3.05, 3.63) is 65.9 Å². The summed E-state index contributed by atoms with van der Waals surface area (Å²) in [6.45, 7) is 6.05. The second-order valence-corrected chi connectivity index (χ2v) is 6.69. The van der Waals surface area contributed by atoms with Gasteiger partial charge in [-0.15, -0.1) is 5.10 Å². The minimum Gasteiger partial charge on any atom is -0.340 e. The second-order valence-electron chi connectivity index (χ2n) is 6.69. The first-order chi connectivity index (χ1) is 13.0. The van der Waals surface area contributed by atoms with E-state index in [0.717, 1.165) is 16.8 Å². The number of nitrogens with one attached hydrogen (secondary N) is 1. The smallest absolute Gasteiger partial charge is 0.254 e. The Morgan fingerprint density at radius 1 is 1.11 bits per heavy atom. The maximum Gasteiger partial charge on any atom is 0.254 e. The average Bonchev–Trinajstić information content (AvgIpc) is 3.10. The number of nitrogens with zero attached hydrogens (tertiary/aromatic N) is 5. The van der Waals surface area contributed by atoms with E-state index in [9.17, 15) is 4.39 Å². The first kappa shape index (κ1) is 17.1. The standard InChI is InChI=1S/C20H19FN6/c1-12(2)16-10-18(23-17-9-15(21)7-6-13(17)3)27-20(24-16)25-19(26-27)14-5-4-8-22-11-14/h4-12,23H,1-3H3. The summed E-state index contributed by atoms with van der Waals surface area (Å²) in [5.41, 5.74) is 3.29. The van der Waals surface area contributed by atoms with Crippen molar-refractivity contribution in [2.45, 2.75) is 26.7 Å². The average molecular weight is 362 g/mol. The van der Waals surface area contributed by atoms with Crippen molar-refractivity contribution in [2.24, 2.45) is 0 Å². The number of hydrogen-bond acceptors (Lipinski definition) is 5. The number of aryl methyl sites for hydroxylation is 1. The van der Waals surface area contributed by atoms with E-state index in [0.29, 0.717) is 23.1 Å². The van der Waals surface area contributed by atoms with E-state index in [1.165, 1.54) is 12.1 Å². The zero-order valence-corrected chi connectivity index (χ0v) is 15.3. The van der Waals surface area contributed by atoms with E-state index in [1.807, 2.05) is 25.1 Å². The van der Waals surface area contributed by atoms with Gasteiger partial charge >= 0.3 is 0 Å². The van der Waals surface area contributed by atoms with Crippen molar-refractivity contribution in [3.63, 3.8) is 0 Å². The fourth-order valence-electron chi connectivity index (χ4n) is 2.76. The van der Waals surface area contributed by atoms with Gasteiger partial charge < -0.3 is 5.32 Å². The number of anilines is 2. The number of rotatable bonds is 4. The topological polar surface area (TPSA) is 68.0 Å². The van der Waals surface area contributed by atoms with Crippen molar-refractivity contribution in [1.82, 2.24) is 24.6 Å². The van der Waals surface area contributed by atoms with E-state index in [2.05, 4.69) is 39.2 Å². The molecule has 0 spiro atoms. The third kappa shape index (κ3) is 3.36. The monoisotopic (exact) mass is 362 g/mol. The normalized spacial score (nSPS) is 11.3. The zero-order chi connectivity index (χ0) is 19.0. The third-order valence-electron chi connectivity index (χ3n) is 4.31. The van der Waals surface area contributed by atoms with Gasteiger partial charge in [0.05, 0.1) is 5.69 Å². The Morgan fingerprint density at radius 2 is 1.96 bits per heavy atom. The van der Waals surface area contributed by atoms with E-state index in [-0.39, 0.29) is 11.7 Å². The molecular weight excluding hydrogens is 343 g/mol. The van der Waals surface area contributed by atoms with Crippen molar-refractivity contribution < 1.29 is 4.39 Å². The predicted octanol–water partition coefficient (Wildman–Crippen LogP) is 4.50. The van der Waals surface area contributed by atoms with Crippen molar-refractivity contribution in [1.29, 1.82) is 0 Å². The molecule has 1 aromatic carbocycles. The lowest BCUT2D eigenvalue weighted by atomic mass is 10.1. The molecule has 6 nitrogen and oxygen atoms in total. The maximum atomic E-state index is 13.7. The number of fused-ring (bicyclic) bond motifs is 1. The predicted molar refractivity (Wildman–Crippen MR) is 103 cm³/mol. The fraction of sp³-hybridized carbons (Fsp3) is 0.200. The molecule has 3 aromatic heterocycles. The van der Waals surface area contributed by atoms with Crippen LogP contribution in [-0.4, -0.2) is 24.6 Å². The summed E-state index contributed by atoms with van der Waals surface area (Å²) in [5.74, 6) is 1.61. The molecule has 0 aliphatic heterocycles. The van der Waals surface area contributed by atoms with Crippen LogP contribution in [-0.2, 0) is 0 Å². The van der Waals surface area contributed by atoms with Crippen LogP contribution in [0.2, 0.25) is 0 Å². The summed E-state index contributed by atoms with van der Waals surface area (Å²) in [7, 11) is 0. The minimum atomic E-state index is -0.299.